The van der Waals surface area contributed by atoms with E-state index in [1.165, 1.54) is 17.7 Å². The average Bonchev–Trinajstić information content (AvgIpc) is 3.16. The smallest absolute Gasteiger partial charge is 0.341 e. The Kier molecular flexibility index (Phi) is 8.25. The molecule has 0 saturated heterocycles. The number of allylic oxidation sites excluding steroid dienone is 1. The van der Waals surface area contributed by atoms with Gasteiger partial charge in [0.1, 0.15) is 6.04 Å². The number of carbonyl (C=O) groups is 2. The van der Waals surface area contributed by atoms with Gasteiger partial charge in [0.25, 0.3) is 5.56 Å². The maximum absolute atomic E-state index is 13.7. The quantitative estimate of drug-likeness (QED) is 0.407. The molecule has 0 saturated carbocycles. The van der Waals surface area contributed by atoms with E-state index < -0.39 is 30.1 Å². The first kappa shape index (κ1) is 27.4. The summed E-state index contributed by atoms with van der Waals surface area (Å²) in [5.74, 6) is -1.48. The number of aromatic nitrogens is 1. The number of fused-ring (bicyclic) bond motifs is 1. The first-order valence-corrected chi connectivity index (χ1v) is 12.9. The topological polar surface area (TPSA) is 116 Å². The van der Waals surface area contributed by atoms with E-state index in [9.17, 15) is 14.4 Å². The molecule has 0 radical (unpaired) electrons. The summed E-state index contributed by atoms with van der Waals surface area (Å²) in [6.45, 7) is 2.95. The van der Waals surface area contributed by atoms with Gasteiger partial charge in [0, 0.05) is 5.02 Å². The molecule has 0 spiro atoms. The highest BCUT2D eigenvalue weighted by molar-refractivity contribution is 7.07. The van der Waals surface area contributed by atoms with Crippen molar-refractivity contribution in [1.29, 1.82) is 0 Å². The van der Waals surface area contributed by atoms with Crippen LogP contribution in [0.5, 0.6) is 11.5 Å². The third-order valence-electron chi connectivity index (χ3n) is 5.61. The second-order valence-electron chi connectivity index (χ2n) is 8.04. The fourth-order valence-corrected chi connectivity index (χ4v) is 5.59. The minimum atomic E-state index is -1.17. The van der Waals surface area contributed by atoms with Crippen molar-refractivity contribution in [3.8, 4) is 11.5 Å². The largest absolute Gasteiger partial charge is 0.493 e. The fourth-order valence-electron chi connectivity index (χ4n) is 4.03. The number of carboxylic acid groups (broad SMARTS) is 1. The van der Waals surface area contributed by atoms with Crippen molar-refractivity contribution < 1.29 is 28.9 Å². The van der Waals surface area contributed by atoms with Crippen LogP contribution in [-0.4, -0.2) is 41.9 Å². The number of hydrogen-bond acceptors (Lipinski definition) is 8. The number of benzene rings is 2. The van der Waals surface area contributed by atoms with Crippen LogP contribution < -0.4 is 24.4 Å². The second kappa shape index (κ2) is 11.4. The number of halogens is 2. The summed E-state index contributed by atoms with van der Waals surface area (Å²) in [5, 5.41) is 9.41. The van der Waals surface area contributed by atoms with Crippen LogP contribution >= 0.6 is 34.5 Å². The number of carboxylic acids is 1. The molecule has 3 aromatic rings. The molecule has 0 fully saturated rings. The lowest BCUT2D eigenvalue weighted by Crippen LogP contribution is -2.40. The highest BCUT2D eigenvalue weighted by Gasteiger charge is 2.34. The van der Waals surface area contributed by atoms with Crippen LogP contribution in [0.1, 0.15) is 31.0 Å². The zero-order valence-electron chi connectivity index (χ0n) is 20.5. The van der Waals surface area contributed by atoms with Crippen LogP contribution in [-0.2, 0) is 14.3 Å². The van der Waals surface area contributed by atoms with Crippen LogP contribution in [0.4, 0.5) is 0 Å². The predicted molar refractivity (Wildman–Crippen MR) is 143 cm³/mol. The lowest BCUT2D eigenvalue weighted by Gasteiger charge is -2.25. The van der Waals surface area contributed by atoms with Gasteiger partial charge < -0.3 is 19.3 Å². The number of nitrogens with zero attached hydrogens (tertiary/aromatic N) is 2. The molecular weight excluding hydrogens is 555 g/mol. The van der Waals surface area contributed by atoms with Gasteiger partial charge in [-0.25, -0.2) is 14.6 Å². The van der Waals surface area contributed by atoms with E-state index in [0.717, 1.165) is 11.3 Å². The van der Waals surface area contributed by atoms with E-state index in [1.807, 2.05) is 0 Å². The summed E-state index contributed by atoms with van der Waals surface area (Å²) < 4.78 is 17.6. The first-order chi connectivity index (χ1) is 18.2. The van der Waals surface area contributed by atoms with Crippen molar-refractivity contribution in [1.82, 2.24) is 4.57 Å². The Balaban J connectivity index is 1.90. The maximum Gasteiger partial charge on any atom is 0.341 e. The monoisotopic (exact) mass is 576 g/mol. The molecule has 2 aromatic carbocycles. The molecule has 0 bridgehead atoms. The Labute approximate surface area is 230 Å². The number of aliphatic carboxylic acids is 1. The van der Waals surface area contributed by atoms with Crippen LogP contribution in [0.3, 0.4) is 0 Å². The van der Waals surface area contributed by atoms with Crippen molar-refractivity contribution in [3.05, 3.63) is 88.5 Å². The molecule has 2 heterocycles. The van der Waals surface area contributed by atoms with Gasteiger partial charge in [0.2, 0.25) is 0 Å². The summed E-state index contributed by atoms with van der Waals surface area (Å²) in [5.41, 5.74) is 1.32. The highest BCUT2D eigenvalue weighted by atomic mass is 35.5. The van der Waals surface area contributed by atoms with Crippen molar-refractivity contribution >= 4 is 52.6 Å². The molecule has 1 atom stereocenters. The summed E-state index contributed by atoms with van der Waals surface area (Å²) in [4.78, 5) is 42.5. The van der Waals surface area contributed by atoms with Gasteiger partial charge in [0.05, 0.1) is 34.5 Å². The average molecular weight is 577 g/mol. The fraction of sp³-hybridized carbons (Fsp3) is 0.231. The molecular formula is C26H22Cl2N2O7S. The zero-order valence-corrected chi connectivity index (χ0v) is 22.8. The van der Waals surface area contributed by atoms with E-state index in [1.54, 1.807) is 50.3 Å². The Morgan fingerprint density at radius 3 is 2.61 bits per heavy atom. The Bertz CT molecular complexity index is 1640. The maximum atomic E-state index is 13.7. The molecule has 0 amide bonds. The minimum Gasteiger partial charge on any atom is -0.493 e. The lowest BCUT2D eigenvalue weighted by molar-refractivity contribution is -0.140. The Morgan fingerprint density at radius 1 is 1.21 bits per heavy atom. The van der Waals surface area contributed by atoms with E-state index in [4.69, 9.17) is 42.5 Å². The van der Waals surface area contributed by atoms with Crippen molar-refractivity contribution in [2.75, 3.05) is 20.3 Å². The Hall–Kier alpha value is -3.60. The number of methoxy groups -OCH3 is 1. The third kappa shape index (κ3) is 5.33. The Morgan fingerprint density at radius 2 is 1.95 bits per heavy atom. The van der Waals surface area contributed by atoms with Crippen molar-refractivity contribution in [2.45, 2.75) is 19.9 Å². The molecule has 1 aliphatic rings. The van der Waals surface area contributed by atoms with Crippen molar-refractivity contribution in [3.63, 3.8) is 0 Å². The third-order valence-corrected chi connectivity index (χ3v) is 7.21. The van der Waals surface area contributed by atoms with Gasteiger partial charge in [-0.05, 0) is 49.2 Å². The molecule has 198 valence electrons. The molecule has 1 aromatic heterocycles. The predicted octanol–water partition coefficient (Wildman–Crippen LogP) is 3.58. The second-order valence-corrected chi connectivity index (χ2v) is 9.86. The van der Waals surface area contributed by atoms with Crippen LogP contribution in [0.2, 0.25) is 10.0 Å². The number of thiazole rings is 1. The van der Waals surface area contributed by atoms with Crippen molar-refractivity contribution in [2.24, 2.45) is 4.99 Å². The van der Waals surface area contributed by atoms with Gasteiger partial charge in [-0.15, -0.1) is 0 Å². The number of hydrogen-bond donors (Lipinski definition) is 1. The number of esters is 1. The normalized spacial score (nSPS) is 15.1. The van der Waals surface area contributed by atoms with E-state index >= 15 is 0 Å². The number of ether oxygens (including phenoxy) is 3. The van der Waals surface area contributed by atoms with Gasteiger partial charge in [-0.2, -0.15) is 0 Å². The molecule has 0 aliphatic carbocycles. The van der Waals surface area contributed by atoms with Crippen LogP contribution in [0.25, 0.3) is 6.08 Å². The minimum absolute atomic E-state index is 0.0728. The number of carbonyl (C=O) groups excluding carboxylic acids is 1. The first-order valence-electron chi connectivity index (χ1n) is 11.3. The van der Waals surface area contributed by atoms with Gasteiger partial charge >= 0.3 is 11.9 Å². The lowest BCUT2D eigenvalue weighted by atomic mass is 9.96. The summed E-state index contributed by atoms with van der Waals surface area (Å²) in [6, 6.07) is 9.23. The summed E-state index contributed by atoms with van der Waals surface area (Å²) in [6.07, 6.45) is 1.60. The molecule has 4 rings (SSSR count). The molecule has 12 heteroatoms. The number of rotatable bonds is 8. The summed E-state index contributed by atoms with van der Waals surface area (Å²) >= 11 is 14.0. The molecule has 1 N–H and O–H groups in total. The molecule has 1 aliphatic heterocycles. The van der Waals surface area contributed by atoms with E-state index in [0.29, 0.717) is 31.2 Å². The summed E-state index contributed by atoms with van der Waals surface area (Å²) in [7, 11) is 1.39. The van der Waals surface area contributed by atoms with Gasteiger partial charge in [0.15, 0.2) is 22.9 Å². The standard InChI is InChI=1S/C26H22Cl2N2O7S/c1-4-36-25(34)21-13(2)29-26-30(22(21)15-7-5-6-8-16(15)27)24(33)19(38-26)11-14-9-17(28)23(18(10-14)35-3)37-12-20(31)32/h5-11,22H,4,12H2,1-3H3,(H,31,32)/b19-11+/t22-/m1/s1. The zero-order chi connectivity index (χ0) is 27.6. The molecule has 9 nitrogen and oxygen atoms in total. The highest BCUT2D eigenvalue weighted by Crippen LogP contribution is 2.37. The van der Waals surface area contributed by atoms with Crippen LogP contribution in [0, 0.1) is 0 Å². The van der Waals surface area contributed by atoms with E-state index in [-0.39, 0.29) is 28.7 Å². The molecule has 38 heavy (non-hydrogen) atoms. The van der Waals surface area contributed by atoms with E-state index in [2.05, 4.69) is 4.99 Å². The van der Waals surface area contributed by atoms with Gasteiger partial charge in [-0.3, -0.25) is 9.36 Å². The van der Waals surface area contributed by atoms with Gasteiger partial charge in [-0.1, -0.05) is 52.7 Å². The SMILES string of the molecule is CCOC(=O)C1=C(C)N=c2s/c(=C/c3cc(Cl)c(OCC(=O)O)c(OC)c3)c(=O)n2[C@@H]1c1ccccc1Cl. The molecule has 0 unspecified atom stereocenters. The van der Waals surface area contributed by atoms with Crippen LogP contribution in [0.15, 0.2) is 57.5 Å².